The number of nitrogens with zero attached hydrogens (tertiary/aromatic N) is 1. The topological polar surface area (TPSA) is 51.2 Å². The van der Waals surface area contributed by atoms with E-state index >= 15 is 0 Å². The van der Waals surface area contributed by atoms with Gasteiger partial charge in [0.05, 0.1) is 23.4 Å². The third kappa shape index (κ3) is 3.90. The fraction of sp³-hybridized carbons (Fsp3) is 0.176. The number of nitrogens with one attached hydrogen (secondary N) is 1. The molecule has 0 spiro atoms. The molecule has 5 heteroatoms. The van der Waals surface area contributed by atoms with Crippen molar-refractivity contribution in [2.75, 3.05) is 6.61 Å². The second kappa shape index (κ2) is 7.15. The van der Waals surface area contributed by atoms with Crippen LogP contribution in [0.5, 0.6) is 0 Å². The van der Waals surface area contributed by atoms with Crippen LogP contribution in [0.1, 0.15) is 10.6 Å². The van der Waals surface area contributed by atoms with E-state index in [1.807, 2.05) is 54.6 Å². The van der Waals surface area contributed by atoms with Crippen molar-refractivity contribution >= 4 is 27.5 Å². The van der Waals surface area contributed by atoms with Crippen LogP contribution < -0.4 is 5.32 Å². The van der Waals surface area contributed by atoms with Crippen LogP contribution in [0.15, 0.2) is 54.6 Å². The van der Waals surface area contributed by atoms with Gasteiger partial charge in [-0.2, -0.15) is 0 Å². The van der Waals surface area contributed by atoms with Crippen LogP contribution in [0, 0.1) is 0 Å². The molecule has 0 bridgehead atoms. The first-order valence-corrected chi connectivity index (χ1v) is 7.86. The molecule has 1 heterocycles. The molecule has 0 atom stereocenters. The molecule has 0 aliphatic carbocycles. The number of ether oxygens (including phenoxy) is 1. The lowest BCUT2D eigenvalue weighted by Gasteiger charge is -2.05. The van der Waals surface area contributed by atoms with E-state index in [0.717, 1.165) is 20.8 Å². The predicted octanol–water partition coefficient (Wildman–Crippen LogP) is 3.13. The summed E-state index contributed by atoms with van der Waals surface area (Å²) < 4.78 is 6.53. The van der Waals surface area contributed by atoms with Gasteiger partial charge in [-0.15, -0.1) is 11.3 Å². The van der Waals surface area contributed by atoms with E-state index in [2.05, 4.69) is 10.3 Å². The van der Waals surface area contributed by atoms with Crippen LogP contribution >= 0.6 is 11.3 Å². The zero-order valence-electron chi connectivity index (χ0n) is 12.0. The van der Waals surface area contributed by atoms with Gasteiger partial charge in [0.15, 0.2) is 0 Å². The van der Waals surface area contributed by atoms with Crippen molar-refractivity contribution in [3.63, 3.8) is 0 Å². The minimum Gasteiger partial charge on any atom is -0.367 e. The third-order valence-electron chi connectivity index (χ3n) is 3.12. The lowest BCUT2D eigenvalue weighted by Crippen LogP contribution is -2.26. The Labute approximate surface area is 132 Å². The average molecular weight is 312 g/mol. The van der Waals surface area contributed by atoms with Gasteiger partial charge in [0, 0.05) is 0 Å². The van der Waals surface area contributed by atoms with Gasteiger partial charge in [0.25, 0.3) is 0 Å². The van der Waals surface area contributed by atoms with Gasteiger partial charge in [0.2, 0.25) is 5.91 Å². The normalized spacial score (nSPS) is 10.7. The van der Waals surface area contributed by atoms with Gasteiger partial charge in [-0.25, -0.2) is 4.98 Å². The molecule has 0 fully saturated rings. The second-order valence-corrected chi connectivity index (χ2v) is 5.95. The van der Waals surface area contributed by atoms with Crippen LogP contribution in [0.4, 0.5) is 0 Å². The molecule has 4 nitrogen and oxygen atoms in total. The summed E-state index contributed by atoms with van der Waals surface area (Å²) in [7, 11) is 0. The predicted molar refractivity (Wildman–Crippen MR) is 87.6 cm³/mol. The summed E-state index contributed by atoms with van der Waals surface area (Å²) >= 11 is 1.59. The largest absolute Gasteiger partial charge is 0.367 e. The number of amides is 1. The number of benzene rings is 2. The summed E-state index contributed by atoms with van der Waals surface area (Å²) in [5, 5.41) is 3.73. The second-order valence-electron chi connectivity index (χ2n) is 4.83. The fourth-order valence-electron chi connectivity index (χ4n) is 2.06. The molecule has 1 N–H and O–H groups in total. The van der Waals surface area contributed by atoms with Crippen LogP contribution in [-0.4, -0.2) is 17.5 Å². The maximum Gasteiger partial charge on any atom is 0.246 e. The number of hydrogen-bond donors (Lipinski definition) is 1. The van der Waals surface area contributed by atoms with Gasteiger partial charge in [-0.3, -0.25) is 4.79 Å². The molecule has 0 saturated carbocycles. The summed E-state index contributed by atoms with van der Waals surface area (Å²) in [6.45, 7) is 0.933. The number of para-hydroxylation sites is 1. The Bertz CT molecular complexity index is 722. The standard InChI is InChI=1S/C17H16N2O2S/c20-16(12-21-11-13-6-2-1-3-7-13)18-10-17-19-14-8-4-5-9-15(14)22-17/h1-9H,10-12H2,(H,18,20). The van der Waals surface area contributed by atoms with Gasteiger partial charge in [-0.05, 0) is 17.7 Å². The van der Waals surface area contributed by atoms with Crippen molar-refractivity contribution in [1.82, 2.24) is 10.3 Å². The Morgan fingerprint density at radius 3 is 2.68 bits per heavy atom. The van der Waals surface area contributed by atoms with E-state index in [0.29, 0.717) is 13.2 Å². The maximum absolute atomic E-state index is 11.8. The molecule has 112 valence electrons. The lowest BCUT2D eigenvalue weighted by molar-refractivity contribution is -0.126. The Morgan fingerprint density at radius 1 is 1.09 bits per heavy atom. The van der Waals surface area contributed by atoms with Crippen molar-refractivity contribution in [3.8, 4) is 0 Å². The minimum absolute atomic E-state index is 0.0553. The number of thiazole rings is 1. The molecule has 1 amide bonds. The number of rotatable bonds is 6. The van der Waals surface area contributed by atoms with Gasteiger partial charge in [0.1, 0.15) is 11.6 Å². The summed E-state index contributed by atoms with van der Waals surface area (Å²) in [6, 6.07) is 17.7. The van der Waals surface area contributed by atoms with E-state index in [9.17, 15) is 4.79 Å². The van der Waals surface area contributed by atoms with Crippen molar-refractivity contribution in [1.29, 1.82) is 0 Å². The summed E-state index contributed by atoms with van der Waals surface area (Å²) in [4.78, 5) is 16.2. The van der Waals surface area contributed by atoms with Gasteiger partial charge >= 0.3 is 0 Å². The van der Waals surface area contributed by atoms with E-state index in [1.165, 1.54) is 0 Å². The Balaban J connectivity index is 1.44. The van der Waals surface area contributed by atoms with E-state index in [-0.39, 0.29) is 12.5 Å². The molecular formula is C17H16N2O2S. The number of carbonyl (C=O) groups excluding carboxylic acids is 1. The SMILES string of the molecule is O=C(COCc1ccccc1)NCc1nc2ccccc2s1. The Hall–Kier alpha value is -2.24. The van der Waals surface area contributed by atoms with Crippen LogP contribution in [0.3, 0.4) is 0 Å². The third-order valence-corrected chi connectivity index (χ3v) is 4.16. The van der Waals surface area contributed by atoms with Crippen molar-refractivity contribution in [2.45, 2.75) is 13.2 Å². The fourth-order valence-corrected chi connectivity index (χ4v) is 2.96. The molecular weight excluding hydrogens is 296 g/mol. The summed E-state index contributed by atoms with van der Waals surface area (Å²) in [5.41, 5.74) is 2.03. The molecule has 22 heavy (non-hydrogen) atoms. The highest BCUT2D eigenvalue weighted by Crippen LogP contribution is 2.21. The first kappa shape index (κ1) is 14.7. The molecule has 2 aromatic carbocycles. The van der Waals surface area contributed by atoms with Crippen molar-refractivity contribution in [3.05, 3.63) is 65.2 Å². The number of carbonyl (C=O) groups is 1. The van der Waals surface area contributed by atoms with Crippen LogP contribution in [0.25, 0.3) is 10.2 Å². The highest BCUT2D eigenvalue weighted by Gasteiger charge is 2.06. The summed E-state index contributed by atoms with van der Waals surface area (Å²) in [5.74, 6) is -0.129. The lowest BCUT2D eigenvalue weighted by atomic mass is 10.2. The highest BCUT2D eigenvalue weighted by molar-refractivity contribution is 7.18. The van der Waals surface area contributed by atoms with E-state index < -0.39 is 0 Å². The molecule has 0 unspecified atom stereocenters. The van der Waals surface area contributed by atoms with Crippen molar-refractivity contribution < 1.29 is 9.53 Å². The van der Waals surface area contributed by atoms with E-state index in [4.69, 9.17) is 4.74 Å². The first-order valence-electron chi connectivity index (χ1n) is 7.04. The number of hydrogen-bond acceptors (Lipinski definition) is 4. The van der Waals surface area contributed by atoms with Crippen LogP contribution in [-0.2, 0) is 22.7 Å². The molecule has 0 radical (unpaired) electrons. The minimum atomic E-state index is -0.129. The maximum atomic E-state index is 11.8. The molecule has 1 aromatic heterocycles. The molecule has 0 saturated heterocycles. The first-order chi connectivity index (χ1) is 10.8. The van der Waals surface area contributed by atoms with Gasteiger partial charge < -0.3 is 10.1 Å². The van der Waals surface area contributed by atoms with E-state index in [1.54, 1.807) is 11.3 Å². The summed E-state index contributed by atoms with van der Waals surface area (Å²) in [6.07, 6.45) is 0. The molecule has 0 aliphatic heterocycles. The Morgan fingerprint density at radius 2 is 1.86 bits per heavy atom. The molecule has 3 rings (SSSR count). The Kier molecular flexibility index (Phi) is 4.78. The monoisotopic (exact) mass is 312 g/mol. The molecule has 3 aromatic rings. The van der Waals surface area contributed by atoms with Crippen molar-refractivity contribution in [2.24, 2.45) is 0 Å². The zero-order valence-corrected chi connectivity index (χ0v) is 12.8. The molecule has 0 aliphatic rings. The smallest absolute Gasteiger partial charge is 0.246 e. The number of aromatic nitrogens is 1. The van der Waals surface area contributed by atoms with Gasteiger partial charge in [-0.1, -0.05) is 42.5 Å². The highest BCUT2D eigenvalue weighted by atomic mass is 32.1. The zero-order chi connectivity index (χ0) is 15.2. The average Bonchev–Trinajstić information content (AvgIpc) is 2.97. The number of fused-ring (bicyclic) bond motifs is 1. The van der Waals surface area contributed by atoms with Crippen LogP contribution in [0.2, 0.25) is 0 Å². The quantitative estimate of drug-likeness (QED) is 0.761.